The third-order valence-corrected chi connectivity index (χ3v) is 5.42. The Morgan fingerprint density at radius 3 is 2.67 bits per heavy atom. The molecule has 0 bridgehead atoms. The van der Waals surface area contributed by atoms with Crippen LogP contribution in [0.2, 0.25) is 0 Å². The zero-order valence-electron chi connectivity index (χ0n) is 16.1. The number of halogens is 1. The van der Waals surface area contributed by atoms with Crippen LogP contribution in [0.15, 0.2) is 51.8 Å². The third kappa shape index (κ3) is 5.17. The van der Waals surface area contributed by atoms with Crippen molar-refractivity contribution in [3.8, 4) is 29.6 Å². The first-order valence-corrected chi connectivity index (χ1v) is 10.5. The van der Waals surface area contributed by atoms with E-state index in [0.29, 0.717) is 22.8 Å². The van der Waals surface area contributed by atoms with Gasteiger partial charge in [0, 0.05) is 10.0 Å². The zero-order valence-corrected chi connectivity index (χ0v) is 18.5. The first-order chi connectivity index (χ1) is 14.5. The van der Waals surface area contributed by atoms with E-state index in [-0.39, 0.29) is 35.8 Å². The Hall–Kier alpha value is -2.89. The van der Waals surface area contributed by atoms with E-state index >= 15 is 0 Å². The van der Waals surface area contributed by atoms with E-state index in [1.165, 1.54) is 7.11 Å². The second-order valence-electron chi connectivity index (χ2n) is 6.01. The van der Waals surface area contributed by atoms with Crippen molar-refractivity contribution in [1.29, 1.82) is 0 Å². The van der Waals surface area contributed by atoms with Crippen molar-refractivity contribution in [3.63, 3.8) is 0 Å². The van der Waals surface area contributed by atoms with Crippen molar-refractivity contribution in [2.45, 2.75) is 0 Å². The number of carbonyl (C=O) groups is 2. The van der Waals surface area contributed by atoms with Gasteiger partial charge in [0.25, 0.3) is 11.1 Å². The summed E-state index contributed by atoms with van der Waals surface area (Å²) < 4.78 is 17.3. The molecule has 0 N–H and O–H groups in total. The van der Waals surface area contributed by atoms with Crippen LogP contribution < -0.4 is 14.2 Å². The SMILES string of the molecule is C#CCOc1c(/C=C2\SC(=O)N(CCOc3ccccc3)C2=O)cc(Br)cc1OC. The summed E-state index contributed by atoms with van der Waals surface area (Å²) >= 11 is 4.28. The molecule has 6 nitrogen and oxygen atoms in total. The van der Waals surface area contributed by atoms with Crippen molar-refractivity contribution < 1.29 is 23.8 Å². The number of terminal acetylenes is 1. The van der Waals surface area contributed by atoms with Crippen LogP contribution >= 0.6 is 27.7 Å². The summed E-state index contributed by atoms with van der Waals surface area (Å²) in [5, 5.41) is -0.351. The number of methoxy groups -OCH3 is 1. The van der Waals surface area contributed by atoms with E-state index in [2.05, 4.69) is 21.9 Å². The fourth-order valence-electron chi connectivity index (χ4n) is 2.72. The number of nitrogens with zero attached hydrogens (tertiary/aromatic N) is 1. The minimum absolute atomic E-state index is 0.0388. The number of rotatable bonds is 8. The van der Waals surface area contributed by atoms with Gasteiger partial charge in [-0.2, -0.15) is 0 Å². The molecule has 0 radical (unpaired) electrons. The molecule has 0 atom stereocenters. The summed E-state index contributed by atoms with van der Waals surface area (Å²) in [6.45, 7) is 0.396. The molecular weight excluding hydrogens is 470 g/mol. The van der Waals surface area contributed by atoms with E-state index in [1.807, 2.05) is 30.3 Å². The van der Waals surface area contributed by atoms with Crippen LogP contribution in [0.3, 0.4) is 0 Å². The fourth-order valence-corrected chi connectivity index (χ4v) is 4.03. The summed E-state index contributed by atoms with van der Waals surface area (Å²) in [7, 11) is 1.51. The maximum Gasteiger partial charge on any atom is 0.293 e. The Morgan fingerprint density at radius 2 is 1.97 bits per heavy atom. The molecule has 1 aliphatic heterocycles. The van der Waals surface area contributed by atoms with Gasteiger partial charge in [0.05, 0.1) is 18.6 Å². The van der Waals surface area contributed by atoms with Crippen LogP contribution in [0.4, 0.5) is 4.79 Å². The van der Waals surface area contributed by atoms with Gasteiger partial charge in [-0.3, -0.25) is 14.5 Å². The highest BCUT2D eigenvalue weighted by atomic mass is 79.9. The molecule has 0 aromatic heterocycles. The first kappa shape index (κ1) is 21.8. The summed E-state index contributed by atoms with van der Waals surface area (Å²) in [6, 6.07) is 12.7. The summed E-state index contributed by atoms with van der Waals surface area (Å²) in [5.41, 5.74) is 0.572. The molecule has 1 saturated heterocycles. The van der Waals surface area contributed by atoms with Crippen LogP contribution in [-0.2, 0) is 4.79 Å². The summed E-state index contributed by atoms with van der Waals surface area (Å²) in [6.07, 6.45) is 6.90. The lowest BCUT2D eigenvalue weighted by Gasteiger charge is -2.14. The summed E-state index contributed by atoms with van der Waals surface area (Å²) in [4.78, 5) is 26.6. The van der Waals surface area contributed by atoms with Gasteiger partial charge in [-0.05, 0) is 42.1 Å². The second-order valence-corrected chi connectivity index (χ2v) is 7.92. The van der Waals surface area contributed by atoms with Gasteiger partial charge in [-0.25, -0.2) is 0 Å². The molecule has 2 aromatic carbocycles. The largest absolute Gasteiger partial charge is 0.493 e. The Balaban J connectivity index is 1.78. The zero-order chi connectivity index (χ0) is 21.5. The molecule has 1 fully saturated rings. The van der Waals surface area contributed by atoms with Crippen LogP contribution in [0.1, 0.15) is 5.56 Å². The number of para-hydroxylation sites is 1. The van der Waals surface area contributed by atoms with Gasteiger partial charge in [-0.15, -0.1) is 6.42 Å². The van der Waals surface area contributed by atoms with E-state index in [0.717, 1.165) is 21.1 Å². The predicted octanol–water partition coefficient (Wildman–Crippen LogP) is 4.59. The third-order valence-electron chi connectivity index (χ3n) is 4.06. The van der Waals surface area contributed by atoms with Gasteiger partial charge in [0.2, 0.25) is 0 Å². The fraction of sp³-hybridized carbons (Fsp3) is 0.182. The lowest BCUT2D eigenvalue weighted by Crippen LogP contribution is -2.32. The first-order valence-electron chi connectivity index (χ1n) is 8.90. The lowest BCUT2D eigenvalue weighted by atomic mass is 10.1. The molecule has 0 saturated carbocycles. The van der Waals surface area contributed by atoms with E-state index in [1.54, 1.807) is 18.2 Å². The lowest BCUT2D eigenvalue weighted by molar-refractivity contribution is -0.123. The smallest absolute Gasteiger partial charge is 0.293 e. The van der Waals surface area contributed by atoms with Crippen molar-refractivity contribution >= 4 is 44.9 Å². The number of thioether (sulfide) groups is 1. The molecule has 0 spiro atoms. The van der Waals surface area contributed by atoms with Crippen LogP contribution in [0, 0.1) is 12.3 Å². The van der Waals surface area contributed by atoms with E-state index < -0.39 is 0 Å². The van der Waals surface area contributed by atoms with Crippen molar-refractivity contribution in [2.75, 3.05) is 26.9 Å². The molecule has 154 valence electrons. The Labute approximate surface area is 187 Å². The molecule has 30 heavy (non-hydrogen) atoms. The topological polar surface area (TPSA) is 65.1 Å². The number of carbonyl (C=O) groups excluding carboxylic acids is 2. The second kappa shape index (κ2) is 10.2. The minimum atomic E-state index is -0.386. The molecule has 1 aliphatic rings. The molecule has 0 unspecified atom stereocenters. The van der Waals surface area contributed by atoms with E-state index in [9.17, 15) is 9.59 Å². The average molecular weight is 488 g/mol. The van der Waals surface area contributed by atoms with Crippen LogP contribution in [0.25, 0.3) is 6.08 Å². The Kier molecular flexibility index (Phi) is 7.44. The molecular formula is C22H18BrNO5S. The number of hydrogen-bond donors (Lipinski definition) is 0. The molecule has 1 heterocycles. The van der Waals surface area contributed by atoms with Crippen molar-refractivity contribution in [1.82, 2.24) is 4.90 Å². The van der Waals surface area contributed by atoms with E-state index in [4.69, 9.17) is 20.6 Å². The van der Waals surface area contributed by atoms with Gasteiger partial charge >= 0.3 is 0 Å². The Morgan fingerprint density at radius 1 is 1.20 bits per heavy atom. The maximum atomic E-state index is 12.8. The number of benzene rings is 2. The number of amides is 2. The van der Waals surface area contributed by atoms with Crippen LogP contribution in [-0.4, -0.2) is 42.9 Å². The maximum absolute atomic E-state index is 12.8. The number of imide groups is 1. The standard InChI is InChI=1S/C22H18BrNO5S/c1-3-10-29-20-15(12-16(23)14-18(20)27-2)13-19-21(25)24(22(26)30-19)9-11-28-17-7-5-4-6-8-17/h1,4-8,12-14H,9-11H2,2H3/b19-13-. The minimum Gasteiger partial charge on any atom is -0.493 e. The van der Waals surface area contributed by atoms with Crippen molar-refractivity contribution in [2.24, 2.45) is 0 Å². The number of hydrogen-bond acceptors (Lipinski definition) is 6. The van der Waals surface area contributed by atoms with Gasteiger partial charge in [0.15, 0.2) is 11.5 Å². The highest BCUT2D eigenvalue weighted by Crippen LogP contribution is 2.39. The molecule has 3 rings (SSSR count). The van der Waals surface area contributed by atoms with Gasteiger partial charge in [-0.1, -0.05) is 40.0 Å². The average Bonchev–Trinajstić information content (AvgIpc) is 3.00. The molecule has 8 heteroatoms. The predicted molar refractivity (Wildman–Crippen MR) is 120 cm³/mol. The Bertz CT molecular complexity index is 1020. The quantitative estimate of drug-likeness (QED) is 0.400. The molecule has 2 aromatic rings. The number of ether oxygens (including phenoxy) is 3. The summed E-state index contributed by atoms with van der Waals surface area (Å²) in [5.74, 6) is 3.56. The van der Waals surface area contributed by atoms with Crippen molar-refractivity contribution in [3.05, 3.63) is 57.4 Å². The monoisotopic (exact) mass is 487 g/mol. The normalized spacial score (nSPS) is 14.7. The van der Waals surface area contributed by atoms with Gasteiger partial charge in [0.1, 0.15) is 19.0 Å². The van der Waals surface area contributed by atoms with Crippen LogP contribution in [0.5, 0.6) is 17.2 Å². The molecule has 0 aliphatic carbocycles. The molecule has 2 amide bonds. The van der Waals surface area contributed by atoms with Gasteiger partial charge < -0.3 is 14.2 Å². The highest BCUT2D eigenvalue weighted by Gasteiger charge is 2.35. The highest BCUT2D eigenvalue weighted by molar-refractivity contribution is 9.10.